The molecule has 0 radical (unpaired) electrons. The van der Waals surface area contributed by atoms with Crippen LogP contribution in [0, 0.1) is 11.8 Å². The summed E-state index contributed by atoms with van der Waals surface area (Å²) in [5, 5.41) is 0.0266. The van der Waals surface area contributed by atoms with Crippen molar-refractivity contribution in [2.45, 2.75) is 31.6 Å². The van der Waals surface area contributed by atoms with Crippen molar-refractivity contribution in [3.8, 4) is 0 Å². The lowest BCUT2D eigenvalue weighted by molar-refractivity contribution is 0.406. The summed E-state index contributed by atoms with van der Waals surface area (Å²) in [5.74, 6) is 1.25. The molecule has 0 saturated heterocycles. The molecule has 0 amide bonds. The molecule has 1 aromatic rings. The molecule has 2 rings (SSSR count). The SMILES string of the molecule is CC1CCCC1C(Cl)c1cc(Cl)sc1Cl. The molecule has 1 aliphatic rings. The molecule has 4 heteroatoms. The van der Waals surface area contributed by atoms with Gasteiger partial charge in [0.05, 0.1) is 14.0 Å². The van der Waals surface area contributed by atoms with E-state index in [1.165, 1.54) is 30.6 Å². The third-order valence-corrected chi connectivity index (χ3v) is 5.36. The van der Waals surface area contributed by atoms with Gasteiger partial charge >= 0.3 is 0 Å². The van der Waals surface area contributed by atoms with Crippen LogP contribution in [-0.2, 0) is 0 Å². The topological polar surface area (TPSA) is 0 Å². The average molecular weight is 284 g/mol. The summed E-state index contributed by atoms with van der Waals surface area (Å²) in [6, 6.07) is 1.91. The molecule has 0 aliphatic heterocycles. The lowest BCUT2D eigenvalue weighted by Gasteiger charge is -2.21. The summed E-state index contributed by atoms with van der Waals surface area (Å²) >= 11 is 19.9. The molecule has 3 atom stereocenters. The molecule has 0 spiro atoms. The molecule has 0 aromatic carbocycles. The number of halogens is 3. The Labute approximate surface area is 110 Å². The van der Waals surface area contributed by atoms with Gasteiger partial charge in [-0.15, -0.1) is 22.9 Å². The van der Waals surface area contributed by atoms with Crippen molar-refractivity contribution >= 4 is 46.1 Å². The van der Waals surface area contributed by atoms with E-state index in [2.05, 4.69) is 6.92 Å². The van der Waals surface area contributed by atoms with Crippen LogP contribution in [0.3, 0.4) is 0 Å². The van der Waals surface area contributed by atoms with Gasteiger partial charge in [0, 0.05) is 5.56 Å². The Hall–Kier alpha value is 0.570. The molecule has 1 saturated carbocycles. The zero-order chi connectivity index (χ0) is 11.0. The predicted octanol–water partition coefficient (Wildman–Crippen LogP) is 5.77. The van der Waals surface area contributed by atoms with Crippen molar-refractivity contribution in [3.05, 3.63) is 20.3 Å². The van der Waals surface area contributed by atoms with Gasteiger partial charge in [-0.2, -0.15) is 0 Å². The predicted molar refractivity (Wildman–Crippen MR) is 69.4 cm³/mol. The fourth-order valence-electron chi connectivity index (χ4n) is 2.38. The number of alkyl halides is 1. The van der Waals surface area contributed by atoms with E-state index in [9.17, 15) is 0 Å². The van der Waals surface area contributed by atoms with Crippen LogP contribution in [-0.4, -0.2) is 0 Å². The largest absolute Gasteiger partial charge is 0.117 e. The second-order valence-corrected chi connectivity index (χ2v) is 7.01. The van der Waals surface area contributed by atoms with E-state index in [4.69, 9.17) is 34.8 Å². The summed E-state index contributed by atoms with van der Waals surface area (Å²) in [7, 11) is 0. The Bertz CT molecular complexity index is 348. The van der Waals surface area contributed by atoms with Gasteiger partial charge < -0.3 is 0 Å². The highest BCUT2D eigenvalue weighted by molar-refractivity contribution is 7.20. The van der Waals surface area contributed by atoms with Crippen LogP contribution >= 0.6 is 46.1 Å². The highest BCUT2D eigenvalue weighted by Gasteiger charge is 2.32. The molecule has 1 heterocycles. The van der Waals surface area contributed by atoms with Crippen molar-refractivity contribution in [1.82, 2.24) is 0 Å². The van der Waals surface area contributed by atoms with Gasteiger partial charge in [-0.25, -0.2) is 0 Å². The number of hydrogen-bond donors (Lipinski definition) is 0. The van der Waals surface area contributed by atoms with E-state index in [1.54, 1.807) is 0 Å². The van der Waals surface area contributed by atoms with E-state index < -0.39 is 0 Å². The summed E-state index contributed by atoms with van der Waals surface area (Å²) in [5.41, 5.74) is 1.02. The summed E-state index contributed by atoms with van der Waals surface area (Å²) < 4.78 is 1.48. The smallest absolute Gasteiger partial charge is 0.0991 e. The number of rotatable bonds is 2. The lowest BCUT2D eigenvalue weighted by Crippen LogP contribution is -2.10. The van der Waals surface area contributed by atoms with Gasteiger partial charge in [-0.05, 0) is 24.3 Å². The van der Waals surface area contributed by atoms with Gasteiger partial charge in [0.1, 0.15) is 0 Å². The maximum absolute atomic E-state index is 6.49. The quantitative estimate of drug-likeness (QED) is 0.604. The normalized spacial score (nSPS) is 28.3. The Morgan fingerprint density at radius 3 is 2.60 bits per heavy atom. The van der Waals surface area contributed by atoms with Gasteiger partial charge in [-0.3, -0.25) is 0 Å². The lowest BCUT2D eigenvalue weighted by atomic mass is 9.91. The molecular formula is C11H13Cl3S. The molecule has 3 unspecified atom stereocenters. The maximum Gasteiger partial charge on any atom is 0.0991 e. The standard InChI is InChI=1S/C11H13Cl3S/c1-6-3-2-4-7(6)10(13)8-5-9(12)15-11(8)14/h5-7,10H,2-4H2,1H3. The van der Waals surface area contributed by atoms with Gasteiger partial charge in [0.25, 0.3) is 0 Å². The third kappa shape index (κ3) is 2.46. The van der Waals surface area contributed by atoms with Gasteiger partial charge in [0.15, 0.2) is 0 Å². The maximum atomic E-state index is 6.49. The van der Waals surface area contributed by atoms with Crippen LogP contribution in [0.5, 0.6) is 0 Å². The number of hydrogen-bond acceptors (Lipinski definition) is 1. The second-order valence-electron chi connectivity index (χ2n) is 4.25. The Morgan fingerprint density at radius 2 is 2.13 bits per heavy atom. The fourth-order valence-corrected chi connectivity index (χ4v) is 4.60. The van der Waals surface area contributed by atoms with Crippen LogP contribution in [0.1, 0.15) is 37.1 Å². The van der Waals surface area contributed by atoms with Crippen LogP contribution in [0.15, 0.2) is 6.07 Å². The van der Waals surface area contributed by atoms with Crippen molar-refractivity contribution in [2.75, 3.05) is 0 Å². The summed E-state index contributed by atoms with van der Waals surface area (Å²) in [4.78, 5) is 0. The minimum Gasteiger partial charge on any atom is -0.117 e. The van der Waals surface area contributed by atoms with Crippen molar-refractivity contribution in [1.29, 1.82) is 0 Å². The molecule has 84 valence electrons. The molecular weight excluding hydrogens is 271 g/mol. The van der Waals surface area contributed by atoms with E-state index in [1.807, 2.05) is 6.07 Å². The van der Waals surface area contributed by atoms with Crippen LogP contribution in [0.2, 0.25) is 8.67 Å². The highest BCUT2D eigenvalue weighted by Crippen LogP contribution is 2.47. The summed E-state index contributed by atoms with van der Waals surface area (Å²) in [6.07, 6.45) is 3.77. The first-order valence-electron chi connectivity index (χ1n) is 5.18. The highest BCUT2D eigenvalue weighted by atomic mass is 35.5. The zero-order valence-corrected chi connectivity index (χ0v) is 11.6. The molecule has 1 aliphatic carbocycles. The molecule has 0 nitrogen and oxygen atoms in total. The van der Waals surface area contributed by atoms with Crippen molar-refractivity contribution < 1.29 is 0 Å². The third-order valence-electron chi connectivity index (χ3n) is 3.28. The second kappa shape index (κ2) is 4.83. The van der Waals surface area contributed by atoms with Gasteiger partial charge in [0.2, 0.25) is 0 Å². The van der Waals surface area contributed by atoms with Crippen molar-refractivity contribution in [3.63, 3.8) is 0 Å². The van der Waals surface area contributed by atoms with E-state index in [0.717, 1.165) is 14.2 Å². The minimum atomic E-state index is 0.0266. The van der Waals surface area contributed by atoms with Crippen LogP contribution < -0.4 is 0 Å². The Balaban J connectivity index is 2.19. The van der Waals surface area contributed by atoms with E-state index >= 15 is 0 Å². The molecule has 1 fully saturated rings. The van der Waals surface area contributed by atoms with E-state index in [-0.39, 0.29) is 5.38 Å². The molecule has 1 aromatic heterocycles. The minimum absolute atomic E-state index is 0.0266. The number of thiophene rings is 1. The van der Waals surface area contributed by atoms with Gasteiger partial charge in [-0.1, -0.05) is 43.0 Å². The molecule has 0 N–H and O–H groups in total. The zero-order valence-electron chi connectivity index (χ0n) is 8.47. The average Bonchev–Trinajstić information content (AvgIpc) is 2.71. The fraction of sp³-hybridized carbons (Fsp3) is 0.636. The van der Waals surface area contributed by atoms with E-state index in [0.29, 0.717) is 11.8 Å². The van der Waals surface area contributed by atoms with Crippen LogP contribution in [0.4, 0.5) is 0 Å². The molecule has 0 bridgehead atoms. The van der Waals surface area contributed by atoms with Crippen molar-refractivity contribution in [2.24, 2.45) is 11.8 Å². The Morgan fingerprint density at radius 1 is 1.40 bits per heavy atom. The Kier molecular flexibility index (Phi) is 3.88. The van der Waals surface area contributed by atoms with Crippen LogP contribution in [0.25, 0.3) is 0 Å². The molecule has 15 heavy (non-hydrogen) atoms. The summed E-state index contributed by atoms with van der Waals surface area (Å²) in [6.45, 7) is 2.27. The monoisotopic (exact) mass is 282 g/mol. The first kappa shape index (κ1) is 12.0. The first-order chi connectivity index (χ1) is 7.09. The first-order valence-corrected chi connectivity index (χ1v) is 7.19.